The number of nitrogen functional groups attached to an aromatic ring is 1. The van der Waals surface area contributed by atoms with E-state index in [0.29, 0.717) is 5.75 Å². The van der Waals surface area contributed by atoms with E-state index in [1.54, 1.807) is 13.2 Å². The fraction of sp³-hybridized carbons (Fsp3) is 0.0556. The number of hydrogen-bond acceptors (Lipinski definition) is 4. The molecule has 0 heterocycles. The zero-order valence-electron chi connectivity index (χ0n) is 12.3. The summed E-state index contributed by atoms with van der Waals surface area (Å²) in [6.45, 7) is 0. The Bertz CT molecular complexity index is 932. The molecule has 0 aliphatic rings. The van der Waals surface area contributed by atoms with Gasteiger partial charge in [-0.25, -0.2) is 4.39 Å². The van der Waals surface area contributed by atoms with Gasteiger partial charge in [0, 0.05) is 6.07 Å². The van der Waals surface area contributed by atoms with Crippen LogP contribution in [0.5, 0.6) is 17.2 Å². The molecular weight excluding hydrogens is 295 g/mol. The van der Waals surface area contributed by atoms with E-state index in [2.05, 4.69) is 0 Å². The summed E-state index contributed by atoms with van der Waals surface area (Å²) in [5.41, 5.74) is 5.57. The molecule has 4 nitrogen and oxygen atoms in total. The maximum absolute atomic E-state index is 13.4. The van der Waals surface area contributed by atoms with Crippen LogP contribution in [0.1, 0.15) is 5.56 Å². The molecule has 0 atom stereocenters. The first kappa shape index (κ1) is 14.7. The molecule has 0 spiro atoms. The minimum Gasteiger partial charge on any atom is -0.497 e. The van der Waals surface area contributed by atoms with Crippen LogP contribution < -0.4 is 15.2 Å². The van der Waals surface area contributed by atoms with E-state index in [0.717, 1.165) is 22.6 Å². The molecule has 2 N–H and O–H groups in total. The molecule has 0 fully saturated rings. The van der Waals surface area contributed by atoms with Crippen molar-refractivity contribution in [3.05, 3.63) is 59.9 Å². The third kappa shape index (κ3) is 2.87. The number of benzene rings is 3. The summed E-state index contributed by atoms with van der Waals surface area (Å²) in [5, 5.41) is 11.0. The Morgan fingerprint density at radius 2 is 1.65 bits per heavy atom. The average Bonchev–Trinajstić information content (AvgIpc) is 2.57. The predicted octanol–water partition coefficient (Wildman–Crippen LogP) is 4.23. The highest BCUT2D eigenvalue weighted by Gasteiger charge is 2.10. The van der Waals surface area contributed by atoms with Crippen molar-refractivity contribution in [2.24, 2.45) is 0 Å². The molecule has 0 aromatic heterocycles. The van der Waals surface area contributed by atoms with Crippen LogP contribution in [0.4, 0.5) is 10.1 Å². The van der Waals surface area contributed by atoms with Gasteiger partial charge in [0.2, 0.25) is 0 Å². The molecule has 0 amide bonds. The molecule has 0 saturated heterocycles. The van der Waals surface area contributed by atoms with Gasteiger partial charge in [-0.2, -0.15) is 5.26 Å². The van der Waals surface area contributed by atoms with Crippen molar-refractivity contribution in [3.8, 4) is 23.3 Å². The van der Waals surface area contributed by atoms with Gasteiger partial charge in [0.1, 0.15) is 29.1 Å². The van der Waals surface area contributed by atoms with Crippen molar-refractivity contribution in [1.29, 1.82) is 5.26 Å². The molecule has 0 radical (unpaired) electrons. The predicted molar refractivity (Wildman–Crippen MR) is 86.1 cm³/mol. The van der Waals surface area contributed by atoms with E-state index in [-0.39, 0.29) is 17.0 Å². The molecule has 23 heavy (non-hydrogen) atoms. The van der Waals surface area contributed by atoms with Crippen molar-refractivity contribution in [3.63, 3.8) is 0 Å². The van der Waals surface area contributed by atoms with Crippen molar-refractivity contribution >= 4 is 16.5 Å². The first-order chi connectivity index (χ1) is 11.1. The fourth-order valence-electron chi connectivity index (χ4n) is 2.26. The zero-order chi connectivity index (χ0) is 16.4. The second-order valence-corrected chi connectivity index (χ2v) is 4.96. The summed E-state index contributed by atoms with van der Waals surface area (Å²) in [6.07, 6.45) is 0. The largest absolute Gasteiger partial charge is 0.497 e. The SMILES string of the molecule is COc1ccc2cc(Oc3cc(N)c(F)cc3C#N)ccc2c1. The first-order valence-electron chi connectivity index (χ1n) is 6.85. The van der Waals surface area contributed by atoms with Crippen LogP contribution in [0.25, 0.3) is 10.8 Å². The van der Waals surface area contributed by atoms with Crippen molar-refractivity contribution in [1.82, 2.24) is 0 Å². The van der Waals surface area contributed by atoms with Gasteiger partial charge in [0.15, 0.2) is 0 Å². The zero-order valence-corrected chi connectivity index (χ0v) is 12.3. The Labute approximate surface area is 132 Å². The molecule has 0 unspecified atom stereocenters. The van der Waals surface area contributed by atoms with E-state index in [1.807, 2.05) is 36.4 Å². The molecule has 0 aliphatic carbocycles. The van der Waals surface area contributed by atoms with Crippen LogP contribution in [0.3, 0.4) is 0 Å². The molecular formula is C18H13FN2O2. The van der Waals surface area contributed by atoms with E-state index in [9.17, 15) is 4.39 Å². The van der Waals surface area contributed by atoms with Crippen LogP contribution in [-0.4, -0.2) is 7.11 Å². The maximum atomic E-state index is 13.4. The van der Waals surface area contributed by atoms with Crippen molar-refractivity contribution in [2.75, 3.05) is 12.8 Å². The number of rotatable bonds is 3. The second-order valence-electron chi connectivity index (χ2n) is 4.96. The Kier molecular flexibility index (Phi) is 3.73. The van der Waals surface area contributed by atoms with Crippen molar-refractivity contribution in [2.45, 2.75) is 0 Å². The lowest BCUT2D eigenvalue weighted by Gasteiger charge is -2.10. The number of hydrogen-bond donors (Lipinski definition) is 1. The summed E-state index contributed by atoms with van der Waals surface area (Å²) in [7, 11) is 1.61. The Morgan fingerprint density at radius 1 is 1.00 bits per heavy atom. The highest BCUT2D eigenvalue weighted by Crippen LogP contribution is 2.31. The number of ether oxygens (including phenoxy) is 2. The van der Waals surface area contributed by atoms with Crippen LogP contribution in [0.2, 0.25) is 0 Å². The lowest BCUT2D eigenvalue weighted by molar-refractivity contribution is 0.415. The van der Waals surface area contributed by atoms with Crippen molar-refractivity contribution < 1.29 is 13.9 Å². The third-order valence-corrected chi connectivity index (χ3v) is 3.47. The third-order valence-electron chi connectivity index (χ3n) is 3.47. The first-order valence-corrected chi connectivity index (χ1v) is 6.85. The molecule has 0 aliphatic heterocycles. The monoisotopic (exact) mass is 308 g/mol. The lowest BCUT2D eigenvalue weighted by Crippen LogP contribution is -1.95. The van der Waals surface area contributed by atoms with Gasteiger partial charge in [0.05, 0.1) is 18.4 Å². The van der Waals surface area contributed by atoms with E-state index in [4.69, 9.17) is 20.5 Å². The normalized spacial score (nSPS) is 10.3. The minimum atomic E-state index is -0.639. The number of nitrogens with two attached hydrogens (primary N) is 1. The van der Waals surface area contributed by atoms with E-state index < -0.39 is 5.82 Å². The molecule has 3 aromatic rings. The molecule has 0 bridgehead atoms. The van der Waals surface area contributed by atoms with Gasteiger partial charge in [-0.05, 0) is 41.1 Å². The molecule has 114 valence electrons. The Balaban J connectivity index is 1.99. The quantitative estimate of drug-likeness (QED) is 0.735. The van der Waals surface area contributed by atoms with Gasteiger partial charge in [0.25, 0.3) is 0 Å². The topological polar surface area (TPSA) is 68.3 Å². The summed E-state index contributed by atoms with van der Waals surface area (Å²) >= 11 is 0. The Morgan fingerprint density at radius 3 is 2.30 bits per heavy atom. The van der Waals surface area contributed by atoms with E-state index >= 15 is 0 Å². The fourth-order valence-corrected chi connectivity index (χ4v) is 2.26. The van der Waals surface area contributed by atoms with Gasteiger partial charge in [-0.1, -0.05) is 12.1 Å². The second kappa shape index (κ2) is 5.85. The van der Waals surface area contributed by atoms with Crippen LogP contribution >= 0.6 is 0 Å². The van der Waals surface area contributed by atoms with Gasteiger partial charge < -0.3 is 15.2 Å². The molecule has 3 rings (SSSR count). The smallest absolute Gasteiger partial charge is 0.147 e. The molecule has 5 heteroatoms. The van der Waals surface area contributed by atoms with Crippen LogP contribution in [0, 0.1) is 17.1 Å². The molecule has 0 saturated carbocycles. The highest BCUT2D eigenvalue weighted by molar-refractivity contribution is 5.85. The average molecular weight is 308 g/mol. The van der Waals surface area contributed by atoms with E-state index in [1.165, 1.54) is 6.07 Å². The number of anilines is 1. The maximum Gasteiger partial charge on any atom is 0.147 e. The van der Waals surface area contributed by atoms with Crippen LogP contribution in [-0.2, 0) is 0 Å². The summed E-state index contributed by atoms with van der Waals surface area (Å²) in [4.78, 5) is 0. The summed E-state index contributed by atoms with van der Waals surface area (Å²) in [6, 6.07) is 15.4. The summed E-state index contributed by atoms with van der Waals surface area (Å²) < 4.78 is 24.3. The lowest BCUT2D eigenvalue weighted by atomic mass is 10.1. The Hall–Kier alpha value is -3.26. The van der Waals surface area contributed by atoms with Crippen LogP contribution in [0.15, 0.2) is 48.5 Å². The summed E-state index contributed by atoms with van der Waals surface area (Å²) in [5.74, 6) is 0.883. The van der Waals surface area contributed by atoms with Gasteiger partial charge >= 0.3 is 0 Å². The number of fused-ring (bicyclic) bond motifs is 1. The highest BCUT2D eigenvalue weighted by atomic mass is 19.1. The van der Waals surface area contributed by atoms with Gasteiger partial charge in [-0.3, -0.25) is 0 Å². The molecule has 3 aromatic carbocycles. The number of nitriles is 1. The number of methoxy groups -OCH3 is 1. The minimum absolute atomic E-state index is 0.0653. The number of halogens is 1. The standard InChI is InChI=1S/C18H13FN2O2/c1-22-14-4-2-12-7-15(5-3-11(12)6-14)23-18-9-17(21)16(19)8-13(18)10-20/h2-9H,21H2,1H3. The van der Waals surface area contributed by atoms with Gasteiger partial charge in [-0.15, -0.1) is 0 Å². The number of nitrogens with zero attached hydrogens (tertiary/aromatic N) is 1.